The third-order valence-electron chi connectivity index (χ3n) is 7.95. The normalized spacial score (nSPS) is 27.7. The van der Waals surface area contributed by atoms with E-state index in [0.29, 0.717) is 17.4 Å². The summed E-state index contributed by atoms with van der Waals surface area (Å²) in [7, 11) is 0. The first kappa shape index (κ1) is 27.9. The van der Waals surface area contributed by atoms with Gasteiger partial charge < -0.3 is 20.1 Å². The zero-order chi connectivity index (χ0) is 28.0. The molecule has 0 radical (unpaired) electrons. The highest BCUT2D eigenvalue weighted by molar-refractivity contribution is 7.97. The van der Waals surface area contributed by atoms with Crippen molar-refractivity contribution in [2.75, 3.05) is 18.5 Å². The van der Waals surface area contributed by atoms with Gasteiger partial charge in [0.1, 0.15) is 5.82 Å². The first-order valence-corrected chi connectivity index (χ1v) is 13.7. The number of benzene rings is 1. The monoisotopic (exact) mass is 569 g/mol. The molecule has 1 aromatic heterocycles. The van der Waals surface area contributed by atoms with Crippen LogP contribution < -0.4 is 10.0 Å². The average molecular weight is 570 g/mol. The Hall–Kier alpha value is -2.64. The number of anilines is 2. The molecule has 2 aliphatic carbocycles. The van der Waals surface area contributed by atoms with Crippen LogP contribution in [0.4, 0.5) is 34.0 Å². The van der Waals surface area contributed by atoms with Gasteiger partial charge in [-0.3, -0.25) is 4.72 Å². The topological polar surface area (TPSA) is 99.6 Å². The number of amides is 1. The summed E-state index contributed by atoms with van der Waals surface area (Å²) in [5.74, 6) is 0.264. The van der Waals surface area contributed by atoms with Crippen LogP contribution in [0.3, 0.4) is 0 Å². The summed E-state index contributed by atoms with van der Waals surface area (Å²) in [4.78, 5) is 23.0. The third-order valence-corrected chi connectivity index (χ3v) is 8.89. The SMILES string of the molecule is CC1(C)CCN1C(=O)OCC1CC(c2cnc(Nc3ccc(SNC4CC(O)(C(F)(F)F)C4)cc3F)nc2)C1. The molecule has 0 atom stereocenters. The van der Waals surface area contributed by atoms with Crippen molar-refractivity contribution in [3.05, 3.63) is 42.0 Å². The van der Waals surface area contributed by atoms with Crippen molar-refractivity contribution in [1.29, 1.82) is 0 Å². The van der Waals surface area contributed by atoms with Crippen LogP contribution in [0, 0.1) is 11.7 Å². The lowest BCUT2D eigenvalue weighted by Gasteiger charge is -2.47. The van der Waals surface area contributed by atoms with E-state index in [0.717, 1.165) is 43.3 Å². The van der Waals surface area contributed by atoms with Gasteiger partial charge >= 0.3 is 12.3 Å². The van der Waals surface area contributed by atoms with Crippen molar-refractivity contribution in [2.45, 2.75) is 80.1 Å². The molecule has 1 amide bonds. The zero-order valence-corrected chi connectivity index (χ0v) is 22.4. The predicted molar refractivity (Wildman–Crippen MR) is 137 cm³/mol. The van der Waals surface area contributed by atoms with Crippen LogP contribution >= 0.6 is 11.9 Å². The maximum atomic E-state index is 14.6. The van der Waals surface area contributed by atoms with E-state index in [1.165, 1.54) is 12.1 Å². The van der Waals surface area contributed by atoms with Crippen LogP contribution in [0.5, 0.6) is 0 Å². The lowest BCUT2D eigenvalue weighted by Crippen LogP contribution is -2.60. The van der Waals surface area contributed by atoms with Gasteiger partial charge in [-0.05, 0) is 80.7 Å². The molecular formula is C26H31F4N5O3S. The molecule has 39 heavy (non-hydrogen) atoms. The Labute approximate surface area is 228 Å². The molecular weight excluding hydrogens is 538 g/mol. The molecule has 8 nitrogen and oxygen atoms in total. The molecule has 2 aromatic rings. The average Bonchev–Trinajstić information content (AvgIpc) is 2.81. The lowest BCUT2D eigenvalue weighted by molar-refractivity contribution is -0.290. The molecule has 3 fully saturated rings. The van der Waals surface area contributed by atoms with Crippen LogP contribution in [0.1, 0.15) is 57.4 Å². The molecule has 5 rings (SSSR count). The van der Waals surface area contributed by atoms with Crippen LogP contribution in [0.2, 0.25) is 0 Å². The summed E-state index contributed by atoms with van der Waals surface area (Å²) in [6.07, 6.45) is 0.372. The van der Waals surface area contributed by atoms with E-state index < -0.39 is 36.5 Å². The molecule has 212 valence electrons. The quantitative estimate of drug-likeness (QED) is 0.282. The molecule has 1 aliphatic heterocycles. The Balaban J connectivity index is 1.04. The second kappa shape index (κ2) is 10.4. The highest BCUT2D eigenvalue weighted by Crippen LogP contribution is 2.46. The summed E-state index contributed by atoms with van der Waals surface area (Å²) in [6.45, 7) is 5.20. The van der Waals surface area contributed by atoms with Gasteiger partial charge in [0.25, 0.3) is 0 Å². The smallest absolute Gasteiger partial charge is 0.417 e. The molecule has 0 unspecified atom stereocenters. The van der Waals surface area contributed by atoms with Crippen molar-refractivity contribution in [2.24, 2.45) is 5.92 Å². The Morgan fingerprint density at radius 1 is 1.23 bits per heavy atom. The number of nitrogens with one attached hydrogen (secondary N) is 2. The number of carbonyl (C=O) groups is 1. The molecule has 1 saturated heterocycles. The fraction of sp³-hybridized carbons (Fsp3) is 0.577. The van der Waals surface area contributed by atoms with Gasteiger partial charge in [-0.2, -0.15) is 13.2 Å². The van der Waals surface area contributed by atoms with Crippen molar-refractivity contribution in [3.63, 3.8) is 0 Å². The van der Waals surface area contributed by atoms with Gasteiger partial charge in [-0.15, -0.1) is 0 Å². The third kappa shape index (κ3) is 5.94. The number of hydrogen-bond donors (Lipinski definition) is 3. The number of hydrogen-bond acceptors (Lipinski definition) is 8. The molecule has 0 bridgehead atoms. The van der Waals surface area contributed by atoms with Gasteiger partial charge in [0.15, 0.2) is 5.60 Å². The molecule has 3 aliphatic rings. The Morgan fingerprint density at radius 2 is 1.92 bits per heavy atom. The number of alkyl halides is 3. The summed E-state index contributed by atoms with van der Waals surface area (Å²) in [5, 5.41) is 12.4. The highest BCUT2D eigenvalue weighted by atomic mass is 32.2. The Kier molecular flexibility index (Phi) is 7.44. The van der Waals surface area contributed by atoms with Crippen LogP contribution in [0.15, 0.2) is 35.5 Å². The predicted octanol–water partition coefficient (Wildman–Crippen LogP) is 5.53. The zero-order valence-electron chi connectivity index (χ0n) is 21.6. The van der Waals surface area contributed by atoms with Gasteiger partial charge in [0, 0.05) is 48.3 Å². The highest BCUT2D eigenvalue weighted by Gasteiger charge is 2.61. The van der Waals surface area contributed by atoms with Gasteiger partial charge in [-0.1, -0.05) is 0 Å². The number of likely N-dealkylation sites (tertiary alicyclic amines) is 1. The minimum atomic E-state index is -4.66. The van der Waals surface area contributed by atoms with Crippen LogP contribution in [-0.4, -0.2) is 62.6 Å². The number of ether oxygens (including phenoxy) is 1. The van der Waals surface area contributed by atoms with E-state index in [-0.39, 0.29) is 29.2 Å². The van der Waals surface area contributed by atoms with Crippen molar-refractivity contribution < 1.29 is 32.2 Å². The van der Waals surface area contributed by atoms with Crippen molar-refractivity contribution in [1.82, 2.24) is 19.6 Å². The summed E-state index contributed by atoms with van der Waals surface area (Å²) in [5.41, 5.74) is -1.64. The fourth-order valence-electron chi connectivity index (χ4n) is 5.04. The second-order valence-electron chi connectivity index (χ2n) is 11.3. The van der Waals surface area contributed by atoms with E-state index in [1.807, 2.05) is 13.8 Å². The maximum Gasteiger partial charge on any atom is 0.417 e. The first-order valence-electron chi connectivity index (χ1n) is 12.9. The van der Waals surface area contributed by atoms with E-state index in [2.05, 4.69) is 20.0 Å². The molecule has 0 spiro atoms. The minimum absolute atomic E-state index is 0.124. The van der Waals surface area contributed by atoms with Crippen molar-refractivity contribution >= 4 is 29.7 Å². The number of nitrogens with zero attached hydrogens (tertiary/aromatic N) is 3. The Bertz CT molecular complexity index is 1200. The molecule has 13 heteroatoms. The number of rotatable bonds is 8. The molecule has 1 aromatic carbocycles. The summed E-state index contributed by atoms with van der Waals surface area (Å²) in [6, 6.07) is 3.86. The number of carbonyl (C=O) groups excluding carboxylic acids is 1. The maximum absolute atomic E-state index is 14.6. The fourth-order valence-corrected chi connectivity index (χ4v) is 5.80. The van der Waals surface area contributed by atoms with E-state index in [9.17, 15) is 27.5 Å². The number of halogens is 4. The standard InChI is InChI=1S/C26H31F4N5O3S/c1-24(2)5-6-35(24)23(36)38-14-15-7-16(8-15)17-12-31-22(32-13-17)33-21-4-3-19(9-20(21)27)39-34-18-10-25(37,11-18)26(28,29)30/h3-4,9,12-13,15-16,18,34,37H,5-8,10-11,14H2,1-2H3,(H,31,32,33). The van der Waals surface area contributed by atoms with Crippen LogP contribution in [-0.2, 0) is 4.74 Å². The number of aromatic nitrogens is 2. The van der Waals surface area contributed by atoms with Gasteiger partial charge in [0.05, 0.1) is 12.3 Å². The largest absolute Gasteiger partial charge is 0.449 e. The van der Waals surface area contributed by atoms with Crippen LogP contribution in [0.25, 0.3) is 0 Å². The van der Waals surface area contributed by atoms with E-state index in [1.54, 1.807) is 23.4 Å². The summed E-state index contributed by atoms with van der Waals surface area (Å²) < 4.78 is 61.1. The van der Waals surface area contributed by atoms with E-state index in [4.69, 9.17) is 4.74 Å². The Morgan fingerprint density at radius 3 is 2.49 bits per heavy atom. The molecule has 3 N–H and O–H groups in total. The first-order chi connectivity index (χ1) is 18.3. The summed E-state index contributed by atoms with van der Waals surface area (Å²) >= 11 is 1.01. The lowest BCUT2D eigenvalue weighted by atomic mass is 9.72. The number of aliphatic hydroxyl groups is 1. The van der Waals surface area contributed by atoms with Gasteiger partial charge in [-0.25, -0.2) is 19.2 Å². The molecule has 2 saturated carbocycles. The minimum Gasteiger partial charge on any atom is -0.449 e. The molecule has 2 heterocycles. The van der Waals surface area contributed by atoms with Gasteiger partial charge in [0.2, 0.25) is 5.95 Å². The second-order valence-corrected chi connectivity index (χ2v) is 12.2. The van der Waals surface area contributed by atoms with E-state index >= 15 is 0 Å². The van der Waals surface area contributed by atoms with Crippen molar-refractivity contribution in [3.8, 4) is 0 Å².